The highest BCUT2D eigenvalue weighted by molar-refractivity contribution is 6.13. The number of benzene rings is 3. The Bertz CT molecular complexity index is 1480. The number of aromatic nitrogens is 2. The van der Waals surface area contributed by atoms with Crippen molar-refractivity contribution in [3.63, 3.8) is 0 Å². The molecule has 5 rings (SSSR count). The monoisotopic (exact) mass is 504 g/mol. The van der Waals surface area contributed by atoms with E-state index in [1.54, 1.807) is 39.9 Å². The van der Waals surface area contributed by atoms with Gasteiger partial charge in [0.25, 0.3) is 5.91 Å². The summed E-state index contributed by atoms with van der Waals surface area (Å²) in [4.78, 5) is 27.2. The van der Waals surface area contributed by atoms with Crippen LogP contribution >= 0.6 is 0 Å². The molecular formula is C28H23F3N4O2. The van der Waals surface area contributed by atoms with Gasteiger partial charge in [-0.15, -0.1) is 0 Å². The summed E-state index contributed by atoms with van der Waals surface area (Å²) in [5, 5.41) is 8.32. The molecule has 9 heteroatoms. The van der Waals surface area contributed by atoms with Crippen molar-refractivity contribution < 1.29 is 22.8 Å². The number of carbonyl (C=O) groups is 2. The van der Waals surface area contributed by atoms with Crippen molar-refractivity contribution in [1.82, 2.24) is 14.7 Å². The van der Waals surface area contributed by atoms with E-state index in [9.17, 15) is 22.8 Å². The number of alkyl halides is 3. The van der Waals surface area contributed by atoms with E-state index >= 15 is 0 Å². The van der Waals surface area contributed by atoms with E-state index in [-0.39, 0.29) is 17.9 Å². The number of nitrogens with zero attached hydrogens (tertiary/aromatic N) is 3. The molecule has 0 bridgehead atoms. The first kappa shape index (κ1) is 24.3. The van der Waals surface area contributed by atoms with Crippen LogP contribution < -0.4 is 5.32 Å². The van der Waals surface area contributed by atoms with Gasteiger partial charge in [-0.2, -0.15) is 18.3 Å². The van der Waals surface area contributed by atoms with Crippen LogP contribution in [0.3, 0.4) is 0 Å². The number of hydrogen-bond donors (Lipinski definition) is 1. The van der Waals surface area contributed by atoms with Crippen molar-refractivity contribution in [2.24, 2.45) is 0 Å². The van der Waals surface area contributed by atoms with Crippen LogP contribution in [0.2, 0.25) is 0 Å². The average Bonchev–Trinajstić information content (AvgIpc) is 3.54. The van der Waals surface area contributed by atoms with Crippen molar-refractivity contribution in [1.29, 1.82) is 0 Å². The molecule has 6 nitrogen and oxygen atoms in total. The Hall–Kier alpha value is -4.40. The van der Waals surface area contributed by atoms with Gasteiger partial charge in [0.05, 0.1) is 22.7 Å². The highest BCUT2D eigenvalue weighted by Crippen LogP contribution is 2.36. The minimum Gasteiger partial charge on any atom is -0.337 e. The van der Waals surface area contributed by atoms with Gasteiger partial charge in [-0.25, -0.2) is 0 Å². The molecule has 0 spiro atoms. The first-order valence-electron chi connectivity index (χ1n) is 11.7. The van der Waals surface area contributed by atoms with Gasteiger partial charge in [-0.05, 0) is 42.8 Å². The molecule has 0 radical (unpaired) electrons. The molecule has 1 fully saturated rings. The van der Waals surface area contributed by atoms with Crippen molar-refractivity contribution >= 4 is 28.4 Å². The maximum Gasteiger partial charge on any atom is 0.416 e. The van der Waals surface area contributed by atoms with Crippen molar-refractivity contribution in [2.45, 2.75) is 18.6 Å². The summed E-state index contributed by atoms with van der Waals surface area (Å²) in [5.74, 6) is -0.530. The van der Waals surface area contributed by atoms with Gasteiger partial charge in [0.2, 0.25) is 5.91 Å². The molecule has 3 aromatic carbocycles. The number of halogens is 3. The fourth-order valence-electron chi connectivity index (χ4n) is 4.66. The third-order valence-electron chi connectivity index (χ3n) is 6.49. The summed E-state index contributed by atoms with van der Waals surface area (Å²) in [7, 11) is 0. The number of para-hydroxylation sites is 2. The Morgan fingerprint density at radius 3 is 2.41 bits per heavy atom. The highest BCUT2D eigenvalue weighted by Gasteiger charge is 2.32. The minimum absolute atomic E-state index is 0.191. The maximum atomic E-state index is 13.4. The van der Waals surface area contributed by atoms with Crippen LogP contribution in [0.25, 0.3) is 22.2 Å². The Labute approximate surface area is 211 Å². The third kappa shape index (κ3) is 4.72. The summed E-state index contributed by atoms with van der Waals surface area (Å²) in [6.07, 6.45) is -2.58. The summed E-state index contributed by atoms with van der Waals surface area (Å²) < 4.78 is 41.1. The van der Waals surface area contributed by atoms with Crippen LogP contribution in [0.5, 0.6) is 0 Å². The predicted molar refractivity (Wildman–Crippen MR) is 135 cm³/mol. The fourth-order valence-corrected chi connectivity index (χ4v) is 4.66. The Morgan fingerprint density at radius 1 is 1.00 bits per heavy atom. The molecule has 2 heterocycles. The zero-order valence-corrected chi connectivity index (χ0v) is 19.7. The van der Waals surface area contributed by atoms with E-state index in [4.69, 9.17) is 5.10 Å². The summed E-state index contributed by atoms with van der Waals surface area (Å²) in [6, 6.07) is 18.8. The van der Waals surface area contributed by atoms with Crippen molar-refractivity contribution in [2.75, 3.05) is 18.4 Å². The molecule has 4 aromatic rings. The molecule has 188 valence electrons. The number of rotatable bonds is 5. The lowest BCUT2D eigenvalue weighted by Crippen LogP contribution is -2.27. The molecule has 1 aromatic heterocycles. The normalized spacial score (nSPS) is 15.6. The Morgan fingerprint density at radius 2 is 1.73 bits per heavy atom. The molecule has 37 heavy (non-hydrogen) atoms. The van der Waals surface area contributed by atoms with Crippen LogP contribution in [0.15, 0.2) is 85.5 Å². The largest absolute Gasteiger partial charge is 0.416 e. The number of carbonyl (C=O) groups excluding carboxylic acids is 2. The first-order chi connectivity index (χ1) is 17.8. The molecule has 1 aliphatic rings. The van der Waals surface area contributed by atoms with Crippen LogP contribution in [0.4, 0.5) is 18.9 Å². The summed E-state index contributed by atoms with van der Waals surface area (Å²) >= 11 is 0. The lowest BCUT2D eigenvalue weighted by molar-refractivity contribution is -0.137. The molecule has 1 N–H and O–H groups in total. The third-order valence-corrected chi connectivity index (χ3v) is 6.49. The van der Waals surface area contributed by atoms with E-state index in [1.807, 2.05) is 18.2 Å². The lowest BCUT2D eigenvalue weighted by atomic mass is 10.0. The quantitative estimate of drug-likeness (QED) is 0.343. The summed E-state index contributed by atoms with van der Waals surface area (Å²) in [5.41, 5.74) is 1.77. The van der Waals surface area contributed by atoms with Crippen LogP contribution in [-0.4, -0.2) is 39.6 Å². The van der Waals surface area contributed by atoms with Gasteiger partial charge in [-0.3, -0.25) is 14.3 Å². The van der Waals surface area contributed by atoms with Gasteiger partial charge in [0, 0.05) is 29.7 Å². The van der Waals surface area contributed by atoms with E-state index < -0.39 is 11.7 Å². The number of nitrogens with one attached hydrogen (secondary N) is 1. The Kier molecular flexibility index (Phi) is 6.29. The van der Waals surface area contributed by atoms with Crippen LogP contribution in [0.1, 0.15) is 28.4 Å². The number of hydrogen-bond acceptors (Lipinski definition) is 3. The molecule has 1 aliphatic heterocycles. The summed E-state index contributed by atoms with van der Waals surface area (Å²) in [6.45, 7) is 4.43. The number of likely N-dealkylation sites (tertiary alicyclic amines) is 1. The molecular weight excluding hydrogens is 481 g/mol. The van der Waals surface area contributed by atoms with Crippen molar-refractivity contribution in [3.05, 3.63) is 96.6 Å². The predicted octanol–water partition coefficient (Wildman–Crippen LogP) is 5.93. The van der Waals surface area contributed by atoms with Crippen LogP contribution in [0, 0.1) is 0 Å². The van der Waals surface area contributed by atoms with E-state index in [0.717, 1.165) is 12.1 Å². The van der Waals surface area contributed by atoms with Gasteiger partial charge in [0.1, 0.15) is 5.69 Å². The molecule has 0 saturated carbocycles. The van der Waals surface area contributed by atoms with Crippen LogP contribution in [-0.2, 0) is 11.0 Å². The zero-order valence-electron chi connectivity index (χ0n) is 19.7. The van der Waals surface area contributed by atoms with Gasteiger partial charge in [-0.1, -0.05) is 49.0 Å². The SMILES string of the molecule is C=CC(=O)N1CCC(n2nc(-c3ccc(C(F)(F)F)cc3)c3cccc(C(=O)Nc4ccccc4)c32)C1. The van der Waals surface area contributed by atoms with E-state index in [1.165, 1.54) is 18.2 Å². The fraction of sp³-hybridized carbons (Fsp3) is 0.179. The Balaban J connectivity index is 1.62. The molecule has 1 atom stereocenters. The van der Waals surface area contributed by atoms with Crippen molar-refractivity contribution in [3.8, 4) is 11.3 Å². The smallest absolute Gasteiger partial charge is 0.337 e. The number of amides is 2. The molecule has 1 saturated heterocycles. The van der Waals surface area contributed by atoms with E-state index in [2.05, 4.69) is 11.9 Å². The molecule has 2 amide bonds. The second kappa shape index (κ2) is 9.57. The number of anilines is 1. The van der Waals surface area contributed by atoms with Gasteiger partial charge >= 0.3 is 6.18 Å². The molecule has 1 unspecified atom stereocenters. The first-order valence-corrected chi connectivity index (χ1v) is 11.7. The minimum atomic E-state index is -4.45. The second-order valence-electron chi connectivity index (χ2n) is 8.82. The highest BCUT2D eigenvalue weighted by atomic mass is 19.4. The lowest BCUT2D eigenvalue weighted by Gasteiger charge is -2.16. The topological polar surface area (TPSA) is 67.2 Å². The zero-order chi connectivity index (χ0) is 26.2. The van der Waals surface area contributed by atoms with E-state index in [0.29, 0.717) is 52.9 Å². The van der Waals surface area contributed by atoms with Gasteiger partial charge in [0.15, 0.2) is 0 Å². The average molecular weight is 505 g/mol. The van der Waals surface area contributed by atoms with Gasteiger partial charge < -0.3 is 10.2 Å². The number of fused-ring (bicyclic) bond motifs is 1. The second-order valence-corrected chi connectivity index (χ2v) is 8.82. The maximum absolute atomic E-state index is 13.4. The standard InChI is InChI=1S/C28H23F3N4O2/c1-2-24(36)34-16-15-21(17-34)35-26-22(25(33-35)18-11-13-19(14-12-18)28(29,30)31)9-6-10-23(26)27(37)32-20-7-4-3-5-8-20/h2-14,21H,1,15-17H2,(H,32,37). The molecule has 0 aliphatic carbocycles.